The third-order valence-electron chi connectivity index (χ3n) is 8.00. The van der Waals surface area contributed by atoms with Crippen molar-refractivity contribution in [3.05, 3.63) is 83.4 Å². The van der Waals surface area contributed by atoms with Gasteiger partial charge in [0.05, 0.1) is 33.1 Å². The van der Waals surface area contributed by atoms with Crippen molar-refractivity contribution < 1.29 is 0 Å². The van der Waals surface area contributed by atoms with Crippen LogP contribution in [-0.2, 0) is 10.8 Å². The Kier molecular flexibility index (Phi) is 3.79. The summed E-state index contributed by atoms with van der Waals surface area (Å²) in [6, 6.07) is 25.8. The molecule has 3 aromatic heterocycles. The molecule has 174 valence electrons. The molecule has 0 saturated heterocycles. The summed E-state index contributed by atoms with van der Waals surface area (Å²) in [4.78, 5) is 0. The SMILES string of the molecule is Cc1ccc2c(c1)n1c3ccc(C(C)(C)C)cc3c3ccc4c5cc(C(C)(C)C)ccc5n2c4c31. The lowest BCUT2D eigenvalue weighted by Gasteiger charge is -2.19. The molecule has 2 heteroatoms. The summed E-state index contributed by atoms with van der Waals surface area (Å²) in [7, 11) is 0. The van der Waals surface area contributed by atoms with Gasteiger partial charge in [0, 0.05) is 21.5 Å². The number of benzene rings is 4. The van der Waals surface area contributed by atoms with E-state index in [1.165, 1.54) is 71.3 Å². The Balaban J connectivity index is 1.79. The molecule has 35 heavy (non-hydrogen) atoms. The van der Waals surface area contributed by atoms with Gasteiger partial charge in [0.1, 0.15) is 0 Å². The maximum atomic E-state index is 2.52. The van der Waals surface area contributed by atoms with Gasteiger partial charge in [-0.3, -0.25) is 0 Å². The molecule has 0 radical (unpaired) electrons. The average Bonchev–Trinajstić information content (AvgIpc) is 3.30. The third-order valence-corrected chi connectivity index (χ3v) is 8.00. The molecule has 4 aromatic carbocycles. The van der Waals surface area contributed by atoms with Crippen LogP contribution >= 0.6 is 0 Å². The lowest BCUT2D eigenvalue weighted by Crippen LogP contribution is -2.10. The van der Waals surface area contributed by atoms with Crippen molar-refractivity contribution in [3.8, 4) is 0 Å². The van der Waals surface area contributed by atoms with Crippen LogP contribution in [0.15, 0.2) is 66.7 Å². The van der Waals surface area contributed by atoms with Crippen LogP contribution in [0.4, 0.5) is 0 Å². The van der Waals surface area contributed by atoms with Gasteiger partial charge in [0.2, 0.25) is 0 Å². The van der Waals surface area contributed by atoms with E-state index < -0.39 is 0 Å². The Morgan fingerprint density at radius 3 is 1.40 bits per heavy atom. The smallest absolute Gasteiger partial charge is 0.0789 e. The summed E-state index contributed by atoms with van der Waals surface area (Å²) in [5.41, 5.74) is 12.0. The van der Waals surface area contributed by atoms with Gasteiger partial charge < -0.3 is 8.80 Å². The highest BCUT2D eigenvalue weighted by atomic mass is 15.0. The number of hydrogen-bond acceptors (Lipinski definition) is 0. The van der Waals surface area contributed by atoms with Crippen LogP contribution < -0.4 is 0 Å². The van der Waals surface area contributed by atoms with E-state index in [0.717, 1.165) is 0 Å². The molecule has 0 bridgehead atoms. The van der Waals surface area contributed by atoms with Crippen LogP contribution in [0.2, 0.25) is 0 Å². The minimum Gasteiger partial charge on any atom is -0.305 e. The molecule has 0 fully saturated rings. The largest absolute Gasteiger partial charge is 0.305 e. The van der Waals surface area contributed by atoms with E-state index in [1.807, 2.05) is 0 Å². The summed E-state index contributed by atoms with van der Waals surface area (Å²) in [5.74, 6) is 0. The molecule has 0 aliphatic rings. The second-order valence-corrected chi connectivity index (χ2v) is 12.5. The number of aromatic nitrogens is 2. The fraction of sp³-hybridized carbons (Fsp3) is 0.273. The summed E-state index contributed by atoms with van der Waals surface area (Å²) in [6.45, 7) is 16.0. The Morgan fingerprint density at radius 2 is 0.914 bits per heavy atom. The fourth-order valence-electron chi connectivity index (χ4n) is 6.04. The van der Waals surface area contributed by atoms with Crippen molar-refractivity contribution >= 4 is 54.6 Å². The van der Waals surface area contributed by atoms with Gasteiger partial charge in [-0.1, -0.05) is 71.9 Å². The summed E-state index contributed by atoms with van der Waals surface area (Å²) in [6.07, 6.45) is 0. The van der Waals surface area contributed by atoms with Crippen molar-refractivity contribution in [3.63, 3.8) is 0 Å². The van der Waals surface area contributed by atoms with Crippen molar-refractivity contribution in [1.82, 2.24) is 8.80 Å². The van der Waals surface area contributed by atoms with Crippen molar-refractivity contribution in [1.29, 1.82) is 0 Å². The first-order chi connectivity index (χ1) is 16.5. The van der Waals surface area contributed by atoms with E-state index in [2.05, 4.69) is 124 Å². The number of rotatable bonds is 0. The lowest BCUT2D eigenvalue weighted by atomic mass is 9.86. The number of fused-ring (bicyclic) bond motifs is 9. The molecule has 0 aliphatic heterocycles. The fourth-order valence-corrected chi connectivity index (χ4v) is 6.04. The average molecular weight is 457 g/mol. The van der Waals surface area contributed by atoms with Crippen LogP contribution in [0.5, 0.6) is 0 Å². The van der Waals surface area contributed by atoms with Crippen molar-refractivity contribution in [2.45, 2.75) is 59.3 Å². The molecule has 0 saturated carbocycles. The Bertz CT molecular complexity index is 1960. The number of nitrogens with zero attached hydrogens (tertiary/aromatic N) is 2. The maximum absolute atomic E-state index is 2.52. The summed E-state index contributed by atoms with van der Waals surface area (Å²) < 4.78 is 5.03. The van der Waals surface area contributed by atoms with Gasteiger partial charge in [0.15, 0.2) is 0 Å². The van der Waals surface area contributed by atoms with E-state index >= 15 is 0 Å². The number of aryl methyl sites for hydroxylation is 1. The highest BCUT2D eigenvalue weighted by Crippen LogP contribution is 2.43. The van der Waals surface area contributed by atoms with Crippen LogP contribution in [0.3, 0.4) is 0 Å². The zero-order valence-corrected chi connectivity index (χ0v) is 21.7. The van der Waals surface area contributed by atoms with E-state index in [-0.39, 0.29) is 10.8 Å². The monoisotopic (exact) mass is 456 g/mol. The zero-order chi connectivity index (χ0) is 24.4. The predicted octanol–water partition coefficient (Wildman–Crippen LogP) is 9.15. The van der Waals surface area contributed by atoms with Gasteiger partial charge in [-0.05, 0) is 70.8 Å². The summed E-state index contributed by atoms with van der Waals surface area (Å²) >= 11 is 0. The zero-order valence-electron chi connectivity index (χ0n) is 21.7. The standard InChI is InChI=1S/C33H32N2/c1-19-8-13-28-29(16-19)35-27-15-10-21(33(5,6)7)18-25(27)23-12-11-22-24-17-20(32(2,3)4)9-14-26(24)34(28)30(22)31(23)35/h8-18H,1-7H3. The molecule has 2 nitrogen and oxygen atoms in total. The molecule has 0 amide bonds. The van der Waals surface area contributed by atoms with E-state index in [0.29, 0.717) is 0 Å². The molecule has 0 atom stereocenters. The normalized spacial score (nSPS) is 13.6. The molecular weight excluding hydrogens is 424 g/mol. The quantitative estimate of drug-likeness (QED) is 0.201. The summed E-state index contributed by atoms with van der Waals surface area (Å²) in [5, 5.41) is 5.36. The number of hydrogen-bond donors (Lipinski definition) is 0. The minimum atomic E-state index is 0.111. The molecule has 7 aromatic rings. The van der Waals surface area contributed by atoms with Crippen molar-refractivity contribution in [2.24, 2.45) is 0 Å². The second-order valence-electron chi connectivity index (χ2n) is 12.5. The topological polar surface area (TPSA) is 8.82 Å². The minimum absolute atomic E-state index is 0.111. The second kappa shape index (κ2) is 6.37. The predicted molar refractivity (Wildman–Crippen MR) is 152 cm³/mol. The molecule has 0 unspecified atom stereocenters. The van der Waals surface area contributed by atoms with Crippen LogP contribution in [0, 0.1) is 6.92 Å². The first-order valence-electron chi connectivity index (χ1n) is 12.7. The molecule has 3 heterocycles. The molecule has 7 rings (SSSR count). The molecule has 0 spiro atoms. The van der Waals surface area contributed by atoms with Crippen LogP contribution in [0.1, 0.15) is 58.2 Å². The maximum Gasteiger partial charge on any atom is 0.0789 e. The van der Waals surface area contributed by atoms with Crippen molar-refractivity contribution in [2.75, 3.05) is 0 Å². The van der Waals surface area contributed by atoms with E-state index in [4.69, 9.17) is 0 Å². The van der Waals surface area contributed by atoms with E-state index in [1.54, 1.807) is 0 Å². The van der Waals surface area contributed by atoms with Crippen LogP contribution in [-0.4, -0.2) is 8.80 Å². The van der Waals surface area contributed by atoms with Gasteiger partial charge in [-0.15, -0.1) is 0 Å². The molecular formula is C33H32N2. The molecule has 0 aliphatic carbocycles. The first-order valence-corrected chi connectivity index (χ1v) is 12.7. The Labute approximate surface area is 206 Å². The first kappa shape index (κ1) is 20.8. The lowest BCUT2D eigenvalue weighted by molar-refractivity contribution is 0.591. The molecule has 0 N–H and O–H groups in total. The van der Waals surface area contributed by atoms with Gasteiger partial charge in [0.25, 0.3) is 0 Å². The Morgan fingerprint density at radius 1 is 0.457 bits per heavy atom. The third kappa shape index (κ3) is 2.66. The van der Waals surface area contributed by atoms with Crippen LogP contribution in [0.25, 0.3) is 54.6 Å². The van der Waals surface area contributed by atoms with Gasteiger partial charge in [-0.2, -0.15) is 0 Å². The Hall–Kier alpha value is -3.52. The van der Waals surface area contributed by atoms with Gasteiger partial charge in [-0.25, -0.2) is 0 Å². The highest BCUT2D eigenvalue weighted by Gasteiger charge is 2.24. The van der Waals surface area contributed by atoms with Gasteiger partial charge >= 0.3 is 0 Å². The highest BCUT2D eigenvalue weighted by molar-refractivity contribution is 6.25. The van der Waals surface area contributed by atoms with E-state index in [9.17, 15) is 0 Å².